The van der Waals surface area contributed by atoms with Crippen LogP contribution in [0.25, 0.3) is 0 Å². The van der Waals surface area contributed by atoms with Crippen LogP contribution >= 0.6 is 0 Å². The fourth-order valence-electron chi connectivity index (χ4n) is 5.20. The summed E-state index contributed by atoms with van der Waals surface area (Å²) in [5.41, 5.74) is 11.0. The van der Waals surface area contributed by atoms with Gasteiger partial charge < -0.3 is 16.4 Å². The molecule has 7 nitrogen and oxygen atoms in total. The average molecular weight is 365 g/mol. The van der Waals surface area contributed by atoms with Crippen molar-refractivity contribution in [1.29, 1.82) is 0 Å². The fourth-order valence-corrected chi connectivity index (χ4v) is 5.20. The van der Waals surface area contributed by atoms with Crippen LogP contribution in [0.3, 0.4) is 0 Å². The normalized spacial score (nSPS) is 28.3. The summed E-state index contributed by atoms with van der Waals surface area (Å²) in [6.45, 7) is 2.01. The van der Waals surface area contributed by atoms with Gasteiger partial charge in [0.2, 0.25) is 6.41 Å². The van der Waals surface area contributed by atoms with Crippen LogP contribution in [0, 0.1) is 0 Å². The highest BCUT2D eigenvalue weighted by Crippen LogP contribution is 2.55. The maximum atomic E-state index is 12.9. The highest BCUT2D eigenvalue weighted by Gasteiger charge is 2.52. The van der Waals surface area contributed by atoms with Crippen molar-refractivity contribution < 1.29 is 9.59 Å². The number of amides is 2. The molecule has 0 radical (unpaired) electrons. The predicted molar refractivity (Wildman–Crippen MR) is 101 cm³/mol. The lowest BCUT2D eigenvalue weighted by molar-refractivity contribution is -0.121. The largest absolute Gasteiger partial charge is 0.384 e. The standard InChI is InChI=1S/C20H23N5O2/c1-11-17-12(14-9-22-16(21)8-15(14)23-11)7-13(17)18-19(27)24-20(25(18)10-26)5-3-2-4-6-20/h8-10,12,23H,2-7H2,1H3,(H2,21,22)(H,24,27)/b18-13-. The molecule has 7 heteroatoms. The Morgan fingerprint density at radius 1 is 1.33 bits per heavy atom. The first kappa shape index (κ1) is 16.4. The summed E-state index contributed by atoms with van der Waals surface area (Å²) in [5.74, 6) is 0.553. The number of carbonyl (C=O) groups is 2. The van der Waals surface area contributed by atoms with Gasteiger partial charge in [-0.1, -0.05) is 6.42 Å². The number of hydrogen-bond donors (Lipinski definition) is 3. The van der Waals surface area contributed by atoms with Gasteiger partial charge in [-0.25, -0.2) is 4.98 Å². The maximum Gasteiger partial charge on any atom is 0.270 e. The number of carbonyl (C=O) groups excluding carboxylic acids is 2. The molecule has 0 bridgehead atoms. The van der Waals surface area contributed by atoms with Gasteiger partial charge in [-0.05, 0) is 50.2 Å². The van der Waals surface area contributed by atoms with E-state index in [1.807, 2.05) is 19.2 Å². The number of nitrogens with zero attached hydrogens (tertiary/aromatic N) is 2. The smallest absolute Gasteiger partial charge is 0.270 e. The van der Waals surface area contributed by atoms with E-state index in [0.717, 1.165) is 73.0 Å². The van der Waals surface area contributed by atoms with Gasteiger partial charge in [0, 0.05) is 35.1 Å². The van der Waals surface area contributed by atoms with Crippen molar-refractivity contribution in [2.75, 3.05) is 11.1 Å². The average Bonchev–Trinajstić information content (AvgIpc) is 2.86. The zero-order valence-corrected chi connectivity index (χ0v) is 15.3. The molecule has 5 rings (SSSR count). The lowest BCUT2D eigenvalue weighted by Gasteiger charge is -2.43. The molecule has 27 heavy (non-hydrogen) atoms. The van der Waals surface area contributed by atoms with Gasteiger partial charge in [0.05, 0.1) is 0 Å². The molecule has 1 unspecified atom stereocenters. The Kier molecular flexibility index (Phi) is 3.38. The minimum Gasteiger partial charge on any atom is -0.384 e. The molecule has 2 saturated carbocycles. The Hall–Kier alpha value is -2.83. The van der Waals surface area contributed by atoms with Crippen molar-refractivity contribution in [2.45, 2.75) is 57.0 Å². The Bertz CT molecular complexity index is 926. The van der Waals surface area contributed by atoms with Gasteiger partial charge in [-0.2, -0.15) is 0 Å². The van der Waals surface area contributed by atoms with E-state index in [4.69, 9.17) is 5.73 Å². The third-order valence-electron chi connectivity index (χ3n) is 6.47. The van der Waals surface area contributed by atoms with E-state index in [2.05, 4.69) is 15.6 Å². The molecule has 1 aromatic heterocycles. The number of nitrogen functional groups attached to an aromatic ring is 1. The summed E-state index contributed by atoms with van der Waals surface area (Å²) in [4.78, 5) is 30.8. The predicted octanol–water partition coefficient (Wildman–Crippen LogP) is 2.35. The number of rotatable bonds is 1. The van der Waals surface area contributed by atoms with Crippen LogP contribution in [0.2, 0.25) is 0 Å². The molecule has 1 aromatic rings. The number of pyridine rings is 1. The second kappa shape index (κ2) is 5.58. The minimum absolute atomic E-state index is 0.126. The topological polar surface area (TPSA) is 100 Å². The van der Waals surface area contributed by atoms with Gasteiger partial charge in [0.1, 0.15) is 17.2 Å². The minimum atomic E-state index is -0.533. The van der Waals surface area contributed by atoms with Crippen LogP contribution in [-0.2, 0) is 9.59 Å². The first-order valence-corrected chi connectivity index (χ1v) is 9.58. The van der Waals surface area contributed by atoms with Crippen molar-refractivity contribution in [3.05, 3.63) is 40.4 Å². The van der Waals surface area contributed by atoms with E-state index in [1.165, 1.54) is 0 Å². The molecule has 2 aliphatic heterocycles. The first-order valence-electron chi connectivity index (χ1n) is 9.58. The number of nitrogens with one attached hydrogen (secondary N) is 2. The third-order valence-corrected chi connectivity index (χ3v) is 6.47. The molecular weight excluding hydrogens is 342 g/mol. The number of allylic oxidation sites excluding steroid dienone is 3. The number of hydrogen-bond acceptors (Lipinski definition) is 5. The van der Waals surface area contributed by atoms with Crippen molar-refractivity contribution in [2.24, 2.45) is 0 Å². The molecule has 4 N–H and O–H groups in total. The summed E-state index contributed by atoms with van der Waals surface area (Å²) in [6, 6.07) is 1.85. The second-order valence-electron chi connectivity index (χ2n) is 7.97. The van der Waals surface area contributed by atoms with Crippen LogP contribution in [-0.4, -0.2) is 27.9 Å². The molecule has 3 heterocycles. The molecule has 140 valence electrons. The van der Waals surface area contributed by atoms with Gasteiger partial charge >= 0.3 is 0 Å². The van der Waals surface area contributed by atoms with Gasteiger partial charge in [0.25, 0.3) is 5.91 Å². The molecule has 4 aliphatic rings. The van der Waals surface area contributed by atoms with Crippen molar-refractivity contribution in [1.82, 2.24) is 15.2 Å². The molecule has 0 aromatic carbocycles. The zero-order chi connectivity index (χ0) is 18.8. The van der Waals surface area contributed by atoms with E-state index >= 15 is 0 Å². The van der Waals surface area contributed by atoms with Crippen LogP contribution in [0.1, 0.15) is 56.9 Å². The Labute approximate surface area is 157 Å². The number of anilines is 2. The number of fused-ring (bicyclic) bond motifs is 3. The SMILES string of the molecule is CC1=C2/C(=C3/C(=O)NC4(CCCCC4)N3C=O)CC2c2cnc(N)cc2N1. The Morgan fingerprint density at radius 2 is 2.11 bits per heavy atom. The third kappa shape index (κ3) is 2.17. The van der Waals surface area contributed by atoms with Crippen LogP contribution < -0.4 is 16.4 Å². The van der Waals surface area contributed by atoms with Gasteiger partial charge in [-0.3, -0.25) is 14.5 Å². The van der Waals surface area contributed by atoms with Crippen molar-refractivity contribution in [3.63, 3.8) is 0 Å². The van der Waals surface area contributed by atoms with Crippen LogP contribution in [0.5, 0.6) is 0 Å². The Balaban J connectivity index is 1.57. The van der Waals surface area contributed by atoms with Crippen LogP contribution in [0.4, 0.5) is 11.5 Å². The summed E-state index contributed by atoms with van der Waals surface area (Å²) >= 11 is 0. The molecule has 1 spiro atoms. The van der Waals surface area contributed by atoms with E-state index in [-0.39, 0.29) is 11.8 Å². The first-order chi connectivity index (χ1) is 13.0. The van der Waals surface area contributed by atoms with Gasteiger partial charge in [-0.15, -0.1) is 0 Å². The molecule has 2 amide bonds. The fraction of sp³-hybridized carbons (Fsp3) is 0.450. The quantitative estimate of drug-likeness (QED) is 0.524. The summed E-state index contributed by atoms with van der Waals surface area (Å²) in [6.07, 6.45) is 8.22. The molecule has 3 fully saturated rings. The van der Waals surface area contributed by atoms with E-state index in [0.29, 0.717) is 11.5 Å². The molecule has 2 aliphatic carbocycles. The number of aromatic nitrogens is 1. The molecule has 1 saturated heterocycles. The van der Waals surface area contributed by atoms with Gasteiger partial charge in [0.15, 0.2) is 0 Å². The number of nitrogens with two attached hydrogens (primary N) is 1. The zero-order valence-electron chi connectivity index (χ0n) is 15.3. The summed E-state index contributed by atoms with van der Waals surface area (Å²) in [5, 5.41) is 6.52. The van der Waals surface area contributed by atoms with Crippen molar-refractivity contribution in [3.8, 4) is 0 Å². The highest BCUT2D eigenvalue weighted by atomic mass is 16.2. The van der Waals surface area contributed by atoms with Crippen LogP contribution in [0.15, 0.2) is 34.8 Å². The summed E-state index contributed by atoms with van der Waals surface area (Å²) in [7, 11) is 0. The lowest BCUT2D eigenvalue weighted by Crippen LogP contribution is -2.52. The second-order valence-corrected chi connectivity index (χ2v) is 7.97. The molecule has 1 atom stereocenters. The maximum absolute atomic E-state index is 12.9. The van der Waals surface area contributed by atoms with E-state index in [9.17, 15) is 9.59 Å². The van der Waals surface area contributed by atoms with E-state index in [1.54, 1.807) is 4.90 Å². The van der Waals surface area contributed by atoms with Crippen molar-refractivity contribution >= 4 is 23.8 Å². The Morgan fingerprint density at radius 3 is 2.85 bits per heavy atom. The van der Waals surface area contributed by atoms with E-state index < -0.39 is 5.66 Å². The summed E-state index contributed by atoms with van der Waals surface area (Å²) < 4.78 is 0. The molecular formula is C20H23N5O2. The highest BCUT2D eigenvalue weighted by molar-refractivity contribution is 6.01. The lowest BCUT2D eigenvalue weighted by atomic mass is 9.67. The monoisotopic (exact) mass is 365 g/mol.